The molecule has 3 heterocycles. The zero-order chi connectivity index (χ0) is 16.4. The normalized spacial score (nSPS) is 22.1. The minimum Gasteiger partial charge on any atom is -0.339 e. The van der Waals surface area contributed by atoms with Crippen LogP contribution in [-0.4, -0.2) is 39.2 Å². The quantitative estimate of drug-likeness (QED) is 0.831. The molecule has 1 N–H and O–H groups in total. The number of hydrogen-bond acceptors (Lipinski definition) is 7. The van der Waals surface area contributed by atoms with Crippen molar-refractivity contribution in [2.75, 3.05) is 13.1 Å². The highest BCUT2D eigenvalue weighted by Gasteiger charge is 2.30. The molecule has 0 amide bonds. The second-order valence-corrected chi connectivity index (χ2v) is 7.81. The molecule has 7 heteroatoms. The van der Waals surface area contributed by atoms with Gasteiger partial charge in [0, 0.05) is 30.4 Å². The van der Waals surface area contributed by atoms with Crippen LogP contribution in [0.15, 0.2) is 9.90 Å². The first-order valence-electron chi connectivity index (χ1n) is 9.01. The summed E-state index contributed by atoms with van der Waals surface area (Å²) >= 11 is 1.76. The fourth-order valence-corrected chi connectivity index (χ4v) is 3.98. The van der Waals surface area contributed by atoms with Gasteiger partial charge in [0.1, 0.15) is 0 Å². The summed E-state index contributed by atoms with van der Waals surface area (Å²) in [6.07, 6.45) is 5.86. The third-order valence-electron chi connectivity index (χ3n) is 4.75. The maximum Gasteiger partial charge on any atom is 0.229 e. The molecule has 4 rings (SSSR count). The molecule has 130 valence electrons. The van der Waals surface area contributed by atoms with Gasteiger partial charge >= 0.3 is 0 Å². The van der Waals surface area contributed by atoms with Crippen LogP contribution in [-0.2, 0) is 19.5 Å². The predicted octanol–water partition coefficient (Wildman–Crippen LogP) is 2.72. The van der Waals surface area contributed by atoms with E-state index in [0.717, 1.165) is 44.3 Å². The van der Waals surface area contributed by atoms with Crippen molar-refractivity contribution < 1.29 is 4.52 Å². The molecule has 6 nitrogen and oxygen atoms in total. The third-order valence-corrected chi connectivity index (χ3v) is 5.80. The van der Waals surface area contributed by atoms with Crippen LogP contribution in [0.1, 0.15) is 60.9 Å². The fourth-order valence-electron chi connectivity index (χ4n) is 3.23. The van der Waals surface area contributed by atoms with Crippen molar-refractivity contribution in [3.63, 3.8) is 0 Å². The molecular formula is C17H25N5OS. The van der Waals surface area contributed by atoms with Gasteiger partial charge in [0.05, 0.1) is 17.2 Å². The lowest BCUT2D eigenvalue weighted by molar-refractivity contribution is 0.177. The largest absolute Gasteiger partial charge is 0.339 e. The number of nitrogens with one attached hydrogen (secondary N) is 1. The fraction of sp³-hybridized carbons (Fsp3) is 0.706. The van der Waals surface area contributed by atoms with E-state index in [4.69, 9.17) is 4.52 Å². The van der Waals surface area contributed by atoms with Crippen molar-refractivity contribution in [1.29, 1.82) is 0 Å². The average Bonchev–Trinajstić information content (AvgIpc) is 3.17. The Morgan fingerprint density at radius 3 is 3.04 bits per heavy atom. The Bertz CT molecular complexity index is 665. The van der Waals surface area contributed by atoms with E-state index in [2.05, 4.69) is 37.6 Å². The van der Waals surface area contributed by atoms with E-state index < -0.39 is 0 Å². The van der Waals surface area contributed by atoms with E-state index in [-0.39, 0.29) is 0 Å². The minimum atomic E-state index is 0.514. The number of piperidine rings is 1. The molecule has 2 aromatic heterocycles. The van der Waals surface area contributed by atoms with Gasteiger partial charge in [-0.15, -0.1) is 11.3 Å². The number of hydrogen-bond donors (Lipinski definition) is 1. The van der Waals surface area contributed by atoms with E-state index in [1.165, 1.54) is 36.4 Å². The zero-order valence-corrected chi connectivity index (χ0v) is 15.0. The predicted molar refractivity (Wildman–Crippen MR) is 92.9 cm³/mol. The smallest absolute Gasteiger partial charge is 0.229 e. The Labute approximate surface area is 146 Å². The van der Waals surface area contributed by atoms with Gasteiger partial charge in [0.25, 0.3) is 0 Å². The Morgan fingerprint density at radius 2 is 2.25 bits per heavy atom. The number of aryl methyl sites for hydroxylation is 1. The maximum atomic E-state index is 5.36. The first-order chi connectivity index (χ1) is 11.8. The van der Waals surface area contributed by atoms with Crippen molar-refractivity contribution in [3.8, 4) is 0 Å². The Morgan fingerprint density at radius 1 is 1.33 bits per heavy atom. The molecule has 2 aliphatic rings. The first kappa shape index (κ1) is 16.2. The standard InChI is InChI=1S/C17H25N5OS/c1-2-16-19-14(11-24-16)8-18-13-4-3-7-22(9-13)10-15-20-17(23-21-15)12-5-6-12/h11-13,18H,2-10H2,1H3/t13-/m0/s1. The van der Waals surface area contributed by atoms with Gasteiger partial charge < -0.3 is 9.84 Å². The number of aromatic nitrogens is 3. The van der Waals surface area contributed by atoms with Crippen LogP contribution in [0.3, 0.4) is 0 Å². The summed E-state index contributed by atoms with van der Waals surface area (Å²) in [6, 6.07) is 0.514. The van der Waals surface area contributed by atoms with Crippen molar-refractivity contribution in [2.24, 2.45) is 0 Å². The number of nitrogens with zero attached hydrogens (tertiary/aromatic N) is 4. The zero-order valence-electron chi connectivity index (χ0n) is 14.2. The summed E-state index contributed by atoms with van der Waals surface area (Å²) in [6.45, 7) is 5.97. The SMILES string of the molecule is CCc1nc(CN[C@H]2CCCN(Cc3noc(C4CC4)n3)C2)cs1. The van der Waals surface area contributed by atoms with E-state index in [1.807, 2.05) is 0 Å². The second kappa shape index (κ2) is 7.29. The molecule has 2 fully saturated rings. The van der Waals surface area contributed by atoms with Crippen molar-refractivity contribution in [3.05, 3.63) is 27.8 Å². The van der Waals surface area contributed by atoms with Gasteiger partial charge in [-0.05, 0) is 38.6 Å². The second-order valence-electron chi connectivity index (χ2n) is 6.86. The Kier molecular flexibility index (Phi) is 4.91. The Hall–Kier alpha value is -1.31. The molecule has 1 aliphatic heterocycles. The summed E-state index contributed by atoms with van der Waals surface area (Å²) in [4.78, 5) is 11.6. The lowest BCUT2D eigenvalue weighted by Gasteiger charge is -2.32. The summed E-state index contributed by atoms with van der Waals surface area (Å²) in [5, 5.41) is 11.2. The molecular weight excluding hydrogens is 322 g/mol. The van der Waals surface area contributed by atoms with Gasteiger partial charge in [0.15, 0.2) is 5.82 Å². The molecule has 1 atom stereocenters. The van der Waals surface area contributed by atoms with Crippen LogP contribution in [0.25, 0.3) is 0 Å². The van der Waals surface area contributed by atoms with E-state index >= 15 is 0 Å². The van der Waals surface area contributed by atoms with E-state index in [1.54, 1.807) is 11.3 Å². The number of thiazole rings is 1. The third kappa shape index (κ3) is 4.02. The number of rotatable bonds is 7. The van der Waals surface area contributed by atoms with Gasteiger partial charge in [-0.2, -0.15) is 4.98 Å². The molecule has 0 bridgehead atoms. The van der Waals surface area contributed by atoms with E-state index in [9.17, 15) is 0 Å². The molecule has 1 saturated heterocycles. The molecule has 1 aliphatic carbocycles. The van der Waals surface area contributed by atoms with Crippen molar-refractivity contribution in [2.45, 2.75) is 64.1 Å². The minimum absolute atomic E-state index is 0.514. The van der Waals surface area contributed by atoms with Crippen molar-refractivity contribution in [1.82, 2.24) is 25.3 Å². The molecule has 1 saturated carbocycles. The van der Waals surface area contributed by atoms with Gasteiger partial charge in [-0.3, -0.25) is 4.90 Å². The van der Waals surface area contributed by atoms with Crippen LogP contribution in [0.2, 0.25) is 0 Å². The van der Waals surface area contributed by atoms with Crippen LogP contribution in [0, 0.1) is 0 Å². The lowest BCUT2D eigenvalue weighted by Crippen LogP contribution is -2.45. The van der Waals surface area contributed by atoms with E-state index in [0.29, 0.717) is 12.0 Å². The molecule has 0 radical (unpaired) electrons. The van der Waals surface area contributed by atoms with Gasteiger partial charge in [-0.25, -0.2) is 4.98 Å². The monoisotopic (exact) mass is 347 g/mol. The van der Waals surface area contributed by atoms with Crippen LogP contribution < -0.4 is 5.32 Å². The summed E-state index contributed by atoms with van der Waals surface area (Å²) in [5.41, 5.74) is 1.17. The van der Waals surface area contributed by atoms with Gasteiger partial charge in [-0.1, -0.05) is 12.1 Å². The maximum absolute atomic E-state index is 5.36. The summed E-state index contributed by atoms with van der Waals surface area (Å²) < 4.78 is 5.36. The summed E-state index contributed by atoms with van der Waals surface area (Å²) in [7, 11) is 0. The Balaban J connectivity index is 1.26. The van der Waals surface area contributed by atoms with Crippen molar-refractivity contribution >= 4 is 11.3 Å². The average molecular weight is 347 g/mol. The van der Waals surface area contributed by atoms with Crippen LogP contribution >= 0.6 is 11.3 Å². The molecule has 0 unspecified atom stereocenters. The topological polar surface area (TPSA) is 67.1 Å². The van der Waals surface area contributed by atoms with Crippen LogP contribution in [0.5, 0.6) is 0 Å². The molecule has 24 heavy (non-hydrogen) atoms. The highest BCUT2D eigenvalue weighted by atomic mass is 32.1. The molecule has 0 aromatic carbocycles. The first-order valence-corrected chi connectivity index (χ1v) is 9.89. The molecule has 0 spiro atoms. The van der Waals surface area contributed by atoms with Gasteiger partial charge in [0.2, 0.25) is 5.89 Å². The highest BCUT2D eigenvalue weighted by Crippen LogP contribution is 2.38. The highest BCUT2D eigenvalue weighted by molar-refractivity contribution is 7.09. The lowest BCUT2D eigenvalue weighted by atomic mass is 10.1. The molecule has 2 aromatic rings. The van der Waals surface area contributed by atoms with Crippen LogP contribution in [0.4, 0.5) is 0 Å². The summed E-state index contributed by atoms with van der Waals surface area (Å²) in [5.74, 6) is 2.21. The number of likely N-dealkylation sites (tertiary alicyclic amines) is 1.